The molecule has 6 nitrogen and oxygen atoms in total. The van der Waals surface area contributed by atoms with Crippen molar-refractivity contribution in [3.05, 3.63) is 17.7 Å². The van der Waals surface area contributed by atoms with Gasteiger partial charge in [-0.05, 0) is 56.3 Å². The van der Waals surface area contributed by atoms with Crippen LogP contribution in [0.1, 0.15) is 24.8 Å². The number of sulfonamides is 1. The summed E-state index contributed by atoms with van der Waals surface area (Å²) in [7, 11) is -3.49. The van der Waals surface area contributed by atoms with Crippen LogP contribution in [0.3, 0.4) is 0 Å². The SMILES string of the molecule is Cc1cc2c(cc1S(=O)(=O)N1CCC3(CCNCC3)C1)OCO2.Cl. The van der Waals surface area contributed by atoms with E-state index < -0.39 is 10.0 Å². The zero-order chi connectivity index (χ0) is 16.1. The summed E-state index contributed by atoms with van der Waals surface area (Å²) in [6, 6.07) is 3.37. The molecule has 0 aliphatic carbocycles. The maximum atomic E-state index is 13.1. The number of ether oxygens (including phenoxy) is 2. The number of nitrogens with one attached hydrogen (secondary N) is 1. The van der Waals surface area contributed by atoms with Crippen molar-refractivity contribution in [2.24, 2.45) is 5.41 Å². The van der Waals surface area contributed by atoms with Gasteiger partial charge in [-0.3, -0.25) is 0 Å². The molecule has 0 bridgehead atoms. The predicted molar refractivity (Wildman–Crippen MR) is 92.5 cm³/mol. The Balaban J connectivity index is 0.00000169. The lowest BCUT2D eigenvalue weighted by Crippen LogP contribution is -2.39. The molecule has 2 fully saturated rings. The summed E-state index contributed by atoms with van der Waals surface area (Å²) in [6.45, 7) is 5.16. The van der Waals surface area contributed by atoms with E-state index in [0.29, 0.717) is 35.0 Å². The van der Waals surface area contributed by atoms with Crippen LogP contribution in [0.5, 0.6) is 11.5 Å². The number of nitrogens with zero attached hydrogens (tertiary/aromatic N) is 1. The van der Waals surface area contributed by atoms with Crippen molar-refractivity contribution in [2.45, 2.75) is 31.1 Å². The standard InChI is InChI=1S/C16H22N2O4S.ClH/c1-12-8-13-14(22-11-21-13)9-15(12)23(19,20)18-7-4-16(10-18)2-5-17-6-3-16;/h8-9,17H,2-7,10-11H2,1H3;1H. The highest BCUT2D eigenvalue weighted by molar-refractivity contribution is 7.89. The van der Waals surface area contributed by atoms with Gasteiger partial charge in [0.2, 0.25) is 16.8 Å². The topological polar surface area (TPSA) is 67.9 Å². The van der Waals surface area contributed by atoms with Gasteiger partial charge in [0.25, 0.3) is 0 Å². The van der Waals surface area contributed by atoms with E-state index in [4.69, 9.17) is 9.47 Å². The quantitative estimate of drug-likeness (QED) is 0.856. The summed E-state index contributed by atoms with van der Waals surface area (Å²) in [5.41, 5.74) is 0.864. The molecule has 0 aromatic heterocycles. The van der Waals surface area contributed by atoms with Gasteiger partial charge in [0, 0.05) is 19.2 Å². The van der Waals surface area contributed by atoms with Gasteiger partial charge in [0.1, 0.15) is 0 Å². The van der Waals surface area contributed by atoms with Crippen molar-refractivity contribution in [3.63, 3.8) is 0 Å². The van der Waals surface area contributed by atoms with E-state index in [0.717, 1.165) is 32.4 Å². The lowest BCUT2D eigenvalue weighted by molar-refractivity contribution is 0.174. The molecule has 1 aromatic carbocycles. The zero-order valence-electron chi connectivity index (χ0n) is 13.7. The molecule has 8 heteroatoms. The monoisotopic (exact) mass is 374 g/mol. The number of rotatable bonds is 2. The maximum Gasteiger partial charge on any atom is 0.243 e. The summed E-state index contributed by atoms with van der Waals surface area (Å²) >= 11 is 0. The molecule has 1 spiro atoms. The van der Waals surface area contributed by atoms with Crippen LogP contribution in [0.4, 0.5) is 0 Å². The second kappa shape index (κ2) is 6.37. The summed E-state index contributed by atoms with van der Waals surface area (Å²) in [5.74, 6) is 1.14. The Hall–Kier alpha value is -1.02. The van der Waals surface area contributed by atoms with Gasteiger partial charge in [0.05, 0.1) is 4.90 Å². The Kier molecular flexibility index (Phi) is 4.72. The van der Waals surface area contributed by atoms with Crippen molar-refractivity contribution in [2.75, 3.05) is 33.0 Å². The van der Waals surface area contributed by atoms with Crippen LogP contribution in [0.15, 0.2) is 17.0 Å². The Labute approximate surface area is 149 Å². The highest BCUT2D eigenvalue weighted by atomic mass is 35.5. The first-order valence-corrected chi connectivity index (χ1v) is 9.55. The minimum absolute atomic E-state index is 0. The first-order valence-electron chi connectivity index (χ1n) is 8.11. The minimum atomic E-state index is -3.49. The van der Waals surface area contributed by atoms with Crippen LogP contribution in [0.2, 0.25) is 0 Å². The molecule has 0 atom stereocenters. The molecule has 1 aromatic rings. The van der Waals surface area contributed by atoms with E-state index in [1.165, 1.54) is 0 Å². The van der Waals surface area contributed by atoms with Crippen molar-refractivity contribution >= 4 is 22.4 Å². The van der Waals surface area contributed by atoms with Crippen LogP contribution >= 0.6 is 12.4 Å². The second-order valence-electron chi connectivity index (χ2n) is 6.81. The highest BCUT2D eigenvalue weighted by Gasteiger charge is 2.43. The fourth-order valence-corrected chi connectivity index (χ4v) is 5.68. The largest absolute Gasteiger partial charge is 0.454 e. The lowest BCUT2D eigenvalue weighted by Gasteiger charge is -2.33. The molecule has 0 radical (unpaired) electrons. The van der Waals surface area contributed by atoms with Gasteiger partial charge in [-0.2, -0.15) is 4.31 Å². The van der Waals surface area contributed by atoms with Gasteiger partial charge in [0.15, 0.2) is 11.5 Å². The Morgan fingerprint density at radius 3 is 2.50 bits per heavy atom. The average Bonchev–Trinajstić information content (AvgIpc) is 3.14. The number of halogens is 1. The predicted octanol–water partition coefficient (Wildman–Crippen LogP) is 1.91. The van der Waals surface area contributed by atoms with E-state index >= 15 is 0 Å². The van der Waals surface area contributed by atoms with Crippen molar-refractivity contribution in [1.82, 2.24) is 9.62 Å². The summed E-state index contributed by atoms with van der Waals surface area (Å²) < 4.78 is 38.5. The highest BCUT2D eigenvalue weighted by Crippen LogP contribution is 2.42. The molecule has 4 rings (SSSR count). The van der Waals surface area contributed by atoms with Gasteiger partial charge in [-0.1, -0.05) is 0 Å². The third-order valence-corrected chi connectivity index (χ3v) is 7.34. The van der Waals surface area contributed by atoms with Gasteiger partial charge < -0.3 is 14.8 Å². The molecule has 0 amide bonds. The molecule has 3 aliphatic rings. The molecule has 0 unspecified atom stereocenters. The molecule has 3 heterocycles. The number of hydrogen-bond acceptors (Lipinski definition) is 5. The number of piperidine rings is 1. The number of benzene rings is 1. The molecule has 0 saturated carbocycles. The molecule has 1 N–H and O–H groups in total. The molecular formula is C16H23ClN2O4S. The summed E-state index contributed by atoms with van der Waals surface area (Å²) in [5, 5.41) is 3.36. The Morgan fingerprint density at radius 1 is 1.12 bits per heavy atom. The normalized spacial score (nSPS) is 22.5. The number of hydrogen-bond donors (Lipinski definition) is 1. The van der Waals surface area contributed by atoms with Crippen LogP contribution in [0.25, 0.3) is 0 Å². The maximum absolute atomic E-state index is 13.1. The number of aryl methyl sites for hydroxylation is 1. The van der Waals surface area contributed by atoms with Gasteiger partial charge in [-0.15, -0.1) is 12.4 Å². The number of fused-ring (bicyclic) bond motifs is 1. The molecule has 2 saturated heterocycles. The third-order valence-electron chi connectivity index (χ3n) is 5.36. The van der Waals surface area contributed by atoms with Gasteiger partial charge >= 0.3 is 0 Å². The summed E-state index contributed by atoms with van der Waals surface area (Å²) in [6.07, 6.45) is 3.07. The van der Waals surface area contributed by atoms with E-state index in [1.54, 1.807) is 16.4 Å². The van der Waals surface area contributed by atoms with Crippen molar-refractivity contribution < 1.29 is 17.9 Å². The Bertz CT molecular complexity index is 732. The lowest BCUT2D eigenvalue weighted by atomic mass is 9.78. The minimum Gasteiger partial charge on any atom is -0.454 e. The smallest absolute Gasteiger partial charge is 0.243 e. The van der Waals surface area contributed by atoms with Gasteiger partial charge in [-0.25, -0.2) is 8.42 Å². The zero-order valence-corrected chi connectivity index (χ0v) is 15.3. The summed E-state index contributed by atoms with van der Waals surface area (Å²) in [4.78, 5) is 0.340. The van der Waals surface area contributed by atoms with Crippen LogP contribution in [-0.4, -0.2) is 45.7 Å². The van der Waals surface area contributed by atoms with Crippen molar-refractivity contribution in [3.8, 4) is 11.5 Å². The molecular weight excluding hydrogens is 352 g/mol. The average molecular weight is 375 g/mol. The van der Waals surface area contributed by atoms with Crippen LogP contribution in [-0.2, 0) is 10.0 Å². The van der Waals surface area contributed by atoms with E-state index in [-0.39, 0.29) is 24.6 Å². The first-order chi connectivity index (χ1) is 11.0. The molecule has 24 heavy (non-hydrogen) atoms. The van der Waals surface area contributed by atoms with E-state index in [2.05, 4.69) is 5.32 Å². The first kappa shape index (κ1) is 17.8. The molecule has 134 valence electrons. The molecule has 3 aliphatic heterocycles. The van der Waals surface area contributed by atoms with Crippen LogP contribution in [0, 0.1) is 12.3 Å². The second-order valence-corrected chi connectivity index (χ2v) is 8.72. The Morgan fingerprint density at radius 2 is 1.79 bits per heavy atom. The third kappa shape index (κ3) is 2.87. The van der Waals surface area contributed by atoms with E-state index in [9.17, 15) is 8.42 Å². The van der Waals surface area contributed by atoms with Crippen molar-refractivity contribution in [1.29, 1.82) is 0 Å². The van der Waals surface area contributed by atoms with Crippen LogP contribution < -0.4 is 14.8 Å². The fraction of sp³-hybridized carbons (Fsp3) is 0.625. The van der Waals surface area contributed by atoms with E-state index in [1.807, 2.05) is 6.92 Å². The fourth-order valence-electron chi connectivity index (χ4n) is 3.91.